The number of benzene rings is 8. The number of hydrogen-bond acceptors (Lipinski definition) is 22. The van der Waals surface area contributed by atoms with Crippen LogP contribution < -0.4 is 18.9 Å². The summed E-state index contributed by atoms with van der Waals surface area (Å²) in [5, 5.41) is 28.6. The minimum atomic E-state index is -0.370. The summed E-state index contributed by atoms with van der Waals surface area (Å²) in [7, 11) is 0. The largest absolute Gasteiger partial charge is 0.494 e. The molecule has 8 aromatic carbocycles. The van der Waals surface area contributed by atoms with Gasteiger partial charge in [0.1, 0.15) is 92.0 Å². The molecule has 648 valence electrons. The molecule has 8 aliphatic rings. The lowest BCUT2D eigenvalue weighted by Gasteiger charge is -2.21. The first kappa shape index (κ1) is 85.3. The summed E-state index contributed by atoms with van der Waals surface area (Å²) < 4.78 is 57.1. The highest BCUT2D eigenvalue weighted by molar-refractivity contribution is 6.15. The first-order valence-corrected chi connectivity index (χ1v) is 45.9. The van der Waals surface area contributed by atoms with Crippen LogP contribution in [0.5, 0.6) is 23.0 Å². The molecular formula is C102H112N4O18. The number of carbonyl (C=O) groups excluding carboxylic acids is 8. The third-order valence-corrected chi connectivity index (χ3v) is 27.2. The van der Waals surface area contributed by atoms with Gasteiger partial charge in [-0.2, -0.15) is 0 Å². The maximum Gasteiger partial charge on any atom is 0.167 e. The molecule has 6 heterocycles. The summed E-state index contributed by atoms with van der Waals surface area (Å²) in [6, 6.07) is 39.8. The lowest BCUT2D eigenvalue weighted by Crippen LogP contribution is -2.23. The van der Waals surface area contributed by atoms with Crippen LogP contribution in [0.2, 0.25) is 0 Å². The fraction of sp³-hybridized carbons (Fsp3) is 0.490. The number of carbonyl (C=O) groups is 8. The van der Waals surface area contributed by atoms with E-state index in [0.29, 0.717) is 110 Å². The molecule has 6 saturated carbocycles. The summed E-state index contributed by atoms with van der Waals surface area (Å²) in [4.78, 5) is 96.4. The van der Waals surface area contributed by atoms with Gasteiger partial charge in [0.05, 0.1) is 97.3 Å². The molecule has 2 aliphatic heterocycles. The molecule has 0 amide bonds. The number of ether oxygens (including phenoxy) is 6. The highest BCUT2D eigenvalue weighted by atomic mass is 16.5. The Labute approximate surface area is 720 Å². The highest BCUT2D eigenvalue weighted by Gasteiger charge is 2.37. The molecule has 2 saturated heterocycles. The fourth-order valence-corrected chi connectivity index (χ4v) is 20.3. The van der Waals surface area contributed by atoms with Crippen LogP contribution in [0.3, 0.4) is 0 Å². The lowest BCUT2D eigenvalue weighted by atomic mass is 9.83. The highest BCUT2D eigenvalue weighted by Crippen LogP contribution is 2.44. The number of hydrogen-bond donors (Lipinski definition) is 0. The maximum absolute atomic E-state index is 12.5. The lowest BCUT2D eigenvalue weighted by molar-refractivity contribution is -0.132. The molecule has 0 spiro atoms. The maximum atomic E-state index is 12.5. The summed E-state index contributed by atoms with van der Waals surface area (Å²) in [6.07, 6.45) is 31.4. The topological polar surface area (TPSA) is 296 Å². The molecule has 6 aliphatic carbocycles. The molecule has 124 heavy (non-hydrogen) atoms. The van der Waals surface area contributed by atoms with Crippen molar-refractivity contribution >= 4 is 133 Å². The predicted molar refractivity (Wildman–Crippen MR) is 472 cm³/mol. The molecule has 0 N–H and O–H groups in total. The number of fused-ring (bicyclic) bond motifs is 12. The van der Waals surface area contributed by atoms with E-state index in [1.165, 1.54) is 89.9 Å². The van der Waals surface area contributed by atoms with Crippen molar-refractivity contribution in [2.75, 3.05) is 52.9 Å². The standard InChI is InChI=1S/2C26H29NO4.2C25H27NO5/c2*28-19-9-11-22(23(29)16-19)26-25-21-12-10-20(15-18(21)8-13-24(25)31-27-26)30-14-4-7-17-5-2-1-3-6-17;2*27-18-4-6-21(22(28)15-18)25-24-20-7-5-19(14-17(20)3-8-23(24)31-26-25)30-11-1-2-16-9-12-29-13-10-16/h2*8,10,12-13,15,17,22H,1-7,9,11,14,16H2;2*3,5,7-8,14,16,21H,1-2,4,6,9-13,15H2/t2*22-;2*21-/m1010/s1. The van der Waals surface area contributed by atoms with Gasteiger partial charge in [0.2, 0.25) is 0 Å². The molecule has 0 radical (unpaired) electrons. The van der Waals surface area contributed by atoms with E-state index in [9.17, 15) is 38.4 Å². The monoisotopic (exact) mass is 1680 g/mol. The second-order valence-corrected chi connectivity index (χ2v) is 35.7. The van der Waals surface area contributed by atoms with Gasteiger partial charge in [-0.05, 0) is 267 Å². The van der Waals surface area contributed by atoms with E-state index in [-0.39, 0.29) is 95.6 Å². The zero-order valence-corrected chi connectivity index (χ0v) is 71.0. The smallest absolute Gasteiger partial charge is 0.167 e. The predicted octanol–water partition coefficient (Wildman–Crippen LogP) is 22.2. The minimum Gasteiger partial charge on any atom is -0.494 e. The van der Waals surface area contributed by atoms with Gasteiger partial charge in [-0.3, -0.25) is 38.4 Å². The number of nitrogens with zero attached hydrogens (tertiary/aromatic N) is 4. The normalized spacial score (nSPS) is 20.6. The van der Waals surface area contributed by atoms with Crippen LogP contribution in [-0.4, -0.2) is 120 Å². The van der Waals surface area contributed by atoms with Crippen molar-refractivity contribution in [2.45, 2.75) is 242 Å². The Morgan fingerprint density at radius 1 is 0.274 bits per heavy atom. The van der Waals surface area contributed by atoms with Crippen molar-refractivity contribution < 1.29 is 84.9 Å². The van der Waals surface area contributed by atoms with Gasteiger partial charge in [0.15, 0.2) is 22.3 Å². The van der Waals surface area contributed by atoms with E-state index in [2.05, 4.69) is 32.8 Å². The van der Waals surface area contributed by atoms with Gasteiger partial charge >= 0.3 is 0 Å². The van der Waals surface area contributed by atoms with Gasteiger partial charge in [0, 0.05) is 52.1 Å². The molecule has 4 aromatic heterocycles. The van der Waals surface area contributed by atoms with Gasteiger partial charge < -0.3 is 46.5 Å². The molecule has 12 aromatic rings. The number of rotatable bonds is 24. The SMILES string of the molecule is O=C1CC[C@@H](c2noc3ccc4cc(OCCCC5CCCCC5)ccc4c23)C(=O)C1.O=C1CC[C@@H](c2noc3ccc4cc(OCCCC5CCOCC5)ccc4c23)C(=O)C1.O=C1CC[C@H](c2noc3ccc4cc(OCCCC5CCCCC5)ccc4c23)C(=O)C1.O=C1CC[C@H](c2noc3ccc4cc(OCCCC5CCOCC5)ccc4c23)C(=O)C1. The summed E-state index contributed by atoms with van der Waals surface area (Å²) in [6.45, 7) is 6.44. The van der Waals surface area contributed by atoms with Gasteiger partial charge in [-0.25, -0.2) is 0 Å². The summed E-state index contributed by atoms with van der Waals surface area (Å²) >= 11 is 0. The van der Waals surface area contributed by atoms with Crippen LogP contribution in [0.1, 0.15) is 265 Å². The Bertz CT molecular complexity index is 5150. The van der Waals surface area contributed by atoms with Crippen LogP contribution >= 0.6 is 0 Å². The zero-order valence-electron chi connectivity index (χ0n) is 71.0. The third-order valence-electron chi connectivity index (χ3n) is 27.2. The van der Waals surface area contributed by atoms with Gasteiger partial charge in [-0.15, -0.1) is 0 Å². The van der Waals surface area contributed by atoms with E-state index in [4.69, 9.17) is 46.5 Å². The quantitative estimate of drug-likeness (QED) is 0.0401. The van der Waals surface area contributed by atoms with Crippen LogP contribution in [0, 0.1) is 23.7 Å². The second-order valence-electron chi connectivity index (χ2n) is 35.7. The van der Waals surface area contributed by atoms with Crippen LogP contribution in [0.25, 0.3) is 87.0 Å². The van der Waals surface area contributed by atoms with Crippen LogP contribution in [0.4, 0.5) is 0 Å². The van der Waals surface area contributed by atoms with E-state index in [1.54, 1.807) is 0 Å². The molecule has 22 heteroatoms. The second kappa shape index (κ2) is 40.4. The first-order valence-electron chi connectivity index (χ1n) is 45.9. The van der Waals surface area contributed by atoms with Crippen molar-refractivity contribution in [1.82, 2.24) is 20.6 Å². The van der Waals surface area contributed by atoms with Crippen molar-refractivity contribution in [1.29, 1.82) is 0 Å². The minimum absolute atomic E-state index is 0.00261. The van der Waals surface area contributed by atoms with Crippen molar-refractivity contribution in [3.8, 4) is 23.0 Å². The Kier molecular flexibility index (Phi) is 27.8. The van der Waals surface area contributed by atoms with Crippen molar-refractivity contribution in [2.24, 2.45) is 23.7 Å². The van der Waals surface area contributed by atoms with Gasteiger partial charge in [0.25, 0.3) is 0 Å². The average molecular weight is 1680 g/mol. The van der Waals surface area contributed by atoms with Crippen molar-refractivity contribution in [3.05, 3.63) is 144 Å². The molecule has 8 fully saturated rings. The van der Waals surface area contributed by atoms with E-state index >= 15 is 0 Å². The van der Waals surface area contributed by atoms with E-state index in [1.807, 2.05) is 109 Å². The third kappa shape index (κ3) is 20.4. The number of aromatic nitrogens is 4. The van der Waals surface area contributed by atoms with Crippen molar-refractivity contribution in [3.63, 3.8) is 0 Å². The Morgan fingerprint density at radius 3 is 0.758 bits per heavy atom. The number of Topliss-reactive ketones (excluding diaryl/α,β-unsaturated/α-hetero) is 8. The molecule has 4 atom stereocenters. The summed E-state index contributed by atoms with van der Waals surface area (Å²) in [5.74, 6) is 5.06. The van der Waals surface area contributed by atoms with Gasteiger partial charge in [-0.1, -0.05) is 109 Å². The first-order chi connectivity index (χ1) is 60.7. The fourth-order valence-electron chi connectivity index (χ4n) is 20.3. The Balaban J connectivity index is 0.000000117. The zero-order chi connectivity index (χ0) is 84.8. The Hall–Kier alpha value is -10.8. The molecule has 22 nitrogen and oxygen atoms in total. The Morgan fingerprint density at radius 2 is 0.516 bits per heavy atom. The number of ketones is 8. The molecule has 20 rings (SSSR count). The van der Waals surface area contributed by atoms with E-state index in [0.717, 1.165) is 202 Å². The summed E-state index contributed by atoms with van der Waals surface area (Å²) in [5.41, 5.74) is 5.32. The molecular weight excluding hydrogens is 1570 g/mol. The van der Waals surface area contributed by atoms with Crippen LogP contribution in [-0.2, 0) is 47.8 Å². The van der Waals surface area contributed by atoms with Crippen LogP contribution in [0.15, 0.2) is 139 Å². The van der Waals surface area contributed by atoms with E-state index < -0.39 is 0 Å². The molecule has 0 unspecified atom stereocenters. The average Bonchev–Trinajstić information content (AvgIpc) is 1.60. The molecule has 0 bridgehead atoms.